The van der Waals surface area contributed by atoms with E-state index in [0.29, 0.717) is 12.8 Å². The van der Waals surface area contributed by atoms with Crippen molar-refractivity contribution in [1.82, 2.24) is 9.80 Å². The summed E-state index contributed by atoms with van der Waals surface area (Å²) in [5.41, 5.74) is 3.38. The van der Waals surface area contributed by atoms with E-state index in [1.54, 1.807) is 0 Å². The molecule has 1 saturated heterocycles. The minimum atomic E-state index is 0.0313. The number of aryl methyl sites for hydroxylation is 2. The van der Waals surface area contributed by atoms with Gasteiger partial charge in [-0.3, -0.25) is 14.5 Å². The van der Waals surface area contributed by atoms with E-state index in [0.717, 1.165) is 51.3 Å². The average molecular weight is 394 g/mol. The molecular formula is C24H31N3O2. The first kappa shape index (κ1) is 21.1. The highest BCUT2D eigenvalue weighted by Crippen LogP contribution is 2.11. The van der Waals surface area contributed by atoms with Crippen LogP contribution in [-0.2, 0) is 22.4 Å². The molecule has 0 radical (unpaired) electrons. The van der Waals surface area contributed by atoms with Crippen LogP contribution in [-0.4, -0.2) is 54.3 Å². The van der Waals surface area contributed by atoms with Gasteiger partial charge in [0.2, 0.25) is 11.8 Å². The molecule has 3 rings (SSSR count). The smallest absolute Gasteiger partial charge is 0.225 e. The Hall–Kier alpha value is -2.66. The molecule has 1 heterocycles. The SMILES string of the molecule is CCc1ccc(CCC(=O)N2CCN(CCC(=O)Nc3ccccc3)CC2)cc1. The molecule has 0 aromatic heterocycles. The Morgan fingerprint density at radius 3 is 2.17 bits per heavy atom. The van der Waals surface area contributed by atoms with Gasteiger partial charge in [0, 0.05) is 51.3 Å². The van der Waals surface area contributed by atoms with E-state index in [4.69, 9.17) is 0 Å². The van der Waals surface area contributed by atoms with E-state index < -0.39 is 0 Å². The number of anilines is 1. The minimum Gasteiger partial charge on any atom is -0.340 e. The van der Waals surface area contributed by atoms with Crippen LogP contribution in [0, 0.1) is 0 Å². The average Bonchev–Trinajstić information content (AvgIpc) is 2.77. The monoisotopic (exact) mass is 393 g/mol. The summed E-state index contributed by atoms with van der Waals surface area (Å²) in [5, 5.41) is 2.92. The summed E-state index contributed by atoms with van der Waals surface area (Å²) in [6.45, 7) is 6.02. The van der Waals surface area contributed by atoms with Crippen molar-refractivity contribution < 1.29 is 9.59 Å². The van der Waals surface area contributed by atoms with Gasteiger partial charge in [-0.25, -0.2) is 0 Å². The standard InChI is InChI=1S/C24H31N3O2/c1-2-20-8-10-21(11-9-20)12-13-24(29)27-18-16-26(17-19-27)15-14-23(28)25-22-6-4-3-5-7-22/h3-11H,2,12-19H2,1H3,(H,25,28). The molecule has 2 amide bonds. The number of benzene rings is 2. The molecule has 0 atom stereocenters. The third-order valence-corrected chi connectivity index (χ3v) is 5.50. The molecule has 154 valence electrons. The maximum Gasteiger partial charge on any atom is 0.225 e. The lowest BCUT2D eigenvalue weighted by Gasteiger charge is -2.34. The number of carbonyl (C=O) groups excluding carboxylic acids is 2. The minimum absolute atomic E-state index is 0.0313. The van der Waals surface area contributed by atoms with Crippen molar-refractivity contribution in [1.29, 1.82) is 0 Å². The van der Waals surface area contributed by atoms with Gasteiger partial charge in [-0.05, 0) is 36.1 Å². The molecule has 1 aliphatic rings. The van der Waals surface area contributed by atoms with Crippen molar-refractivity contribution in [2.24, 2.45) is 0 Å². The number of rotatable bonds is 8. The van der Waals surface area contributed by atoms with E-state index in [1.165, 1.54) is 11.1 Å². The summed E-state index contributed by atoms with van der Waals surface area (Å²) < 4.78 is 0. The number of amides is 2. The quantitative estimate of drug-likeness (QED) is 0.748. The fraction of sp³-hybridized carbons (Fsp3) is 0.417. The van der Waals surface area contributed by atoms with E-state index in [2.05, 4.69) is 41.4 Å². The molecule has 5 heteroatoms. The van der Waals surface area contributed by atoms with Crippen molar-refractivity contribution in [3.63, 3.8) is 0 Å². The molecule has 0 unspecified atom stereocenters. The van der Waals surface area contributed by atoms with Crippen molar-refractivity contribution >= 4 is 17.5 Å². The zero-order valence-electron chi connectivity index (χ0n) is 17.3. The lowest BCUT2D eigenvalue weighted by Crippen LogP contribution is -2.49. The van der Waals surface area contributed by atoms with Gasteiger partial charge in [-0.1, -0.05) is 49.4 Å². The predicted molar refractivity (Wildman–Crippen MR) is 117 cm³/mol. The Morgan fingerprint density at radius 1 is 0.862 bits per heavy atom. The van der Waals surface area contributed by atoms with Crippen LogP contribution in [0.4, 0.5) is 5.69 Å². The van der Waals surface area contributed by atoms with Gasteiger partial charge >= 0.3 is 0 Å². The van der Waals surface area contributed by atoms with Gasteiger partial charge in [-0.15, -0.1) is 0 Å². The van der Waals surface area contributed by atoms with Gasteiger partial charge in [0.15, 0.2) is 0 Å². The Labute approximate surface area is 173 Å². The van der Waals surface area contributed by atoms with E-state index in [1.807, 2.05) is 35.2 Å². The topological polar surface area (TPSA) is 52.7 Å². The third-order valence-electron chi connectivity index (χ3n) is 5.50. The number of hydrogen-bond acceptors (Lipinski definition) is 3. The summed E-state index contributed by atoms with van der Waals surface area (Å²) in [6, 6.07) is 18.1. The summed E-state index contributed by atoms with van der Waals surface area (Å²) in [7, 11) is 0. The van der Waals surface area contributed by atoms with Crippen molar-refractivity contribution in [2.45, 2.75) is 32.6 Å². The van der Waals surface area contributed by atoms with Gasteiger partial charge < -0.3 is 10.2 Å². The number of para-hydroxylation sites is 1. The maximum absolute atomic E-state index is 12.5. The summed E-state index contributed by atoms with van der Waals surface area (Å²) >= 11 is 0. The molecule has 5 nitrogen and oxygen atoms in total. The van der Waals surface area contributed by atoms with Crippen LogP contribution in [0.5, 0.6) is 0 Å². The first-order valence-corrected chi connectivity index (χ1v) is 10.6. The van der Waals surface area contributed by atoms with Gasteiger partial charge in [0.1, 0.15) is 0 Å². The molecular weight excluding hydrogens is 362 g/mol. The van der Waals surface area contributed by atoms with Crippen molar-refractivity contribution in [3.05, 3.63) is 65.7 Å². The van der Waals surface area contributed by atoms with Crippen LogP contribution < -0.4 is 5.32 Å². The number of hydrogen-bond donors (Lipinski definition) is 1. The molecule has 0 aliphatic carbocycles. The fourth-order valence-electron chi connectivity index (χ4n) is 3.58. The first-order chi connectivity index (χ1) is 14.1. The number of carbonyl (C=O) groups is 2. The highest BCUT2D eigenvalue weighted by molar-refractivity contribution is 5.90. The molecule has 2 aromatic carbocycles. The molecule has 1 aliphatic heterocycles. The third kappa shape index (κ3) is 6.71. The molecule has 0 bridgehead atoms. The van der Waals surface area contributed by atoms with Crippen LogP contribution in [0.3, 0.4) is 0 Å². The van der Waals surface area contributed by atoms with Crippen LogP contribution in [0.15, 0.2) is 54.6 Å². The summed E-state index contributed by atoms with van der Waals surface area (Å²) in [4.78, 5) is 28.8. The summed E-state index contributed by atoms with van der Waals surface area (Å²) in [6.07, 6.45) is 2.86. The highest BCUT2D eigenvalue weighted by atomic mass is 16.2. The first-order valence-electron chi connectivity index (χ1n) is 10.6. The molecule has 29 heavy (non-hydrogen) atoms. The zero-order valence-corrected chi connectivity index (χ0v) is 17.3. The fourth-order valence-corrected chi connectivity index (χ4v) is 3.58. The Balaban J connectivity index is 1.34. The molecule has 0 saturated carbocycles. The van der Waals surface area contributed by atoms with Crippen molar-refractivity contribution in [3.8, 4) is 0 Å². The Morgan fingerprint density at radius 2 is 1.52 bits per heavy atom. The second-order valence-corrected chi connectivity index (χ2v) is 7.56. The van der Waals surface area contributed by atoms with E-state index >= 15 is 0 Å². The van der Waals surface area contributed by atoms with E-state index in [9.17, 15) is 9.59 Å². The number of nitrogens with one attached hydrogen (secondary N) is 1. The van der Waals surface area contributed by atoms with Gasteiger partial charge in [0.25, 0.3) is 0 Å². The largest absolute Gasteiger partial charge is 0.340 e. The number of nitrogens with zero attached hydrogens (tertiary/aromatic N) is 2. The van der Waals surface area contributed by atoms with Crippen LogP contribution in [0.25, 0.3) is 0 Å². The van der Waals surface area contributed by atoms with Gasteiger partial charge in [-0.2, -0.15) is 0 Å². The maximum atomic E-state index is 12.5. The van der Waals surface area contributed by atoms with E-state index in [-0.39, 0.29) is 11.8 Å². The lowest BCUT2D eigenvalue weighted by molar-refractivity contribution is -0.133. The Bertz CT molecular complexity index is 782. The molecule has 1 N–H and O–H groups in total. The molecule has 2 aromatic rings. The van der Waals surface area contributed by atoms with Crippen LogP contribution in [0.1, 0.15) is 30.9 Å². The van der Waals surface area contributed by atoms with Gasteiger partial charge in [0.05, 0.1) is 0 Å². The second kappa shape index (κ2) is 10.8. The molecule has 1 fully saturated rings. The lowest BCUT2D eigenvalue weighted by atomic mass is 10.1. The van der Waals surface area contributed by atoms with Crippen molar-refractivity contribution in [2.75, 3.05) is 38.0 Å². The number of piperazine rings is 1. The second-order valence-electron chi connectivity index (χ2n) is 7.56. The predicted octanol–water partition coefficient (Wildman–Crippen LogP) is 3.35. The van der Waals surface area contributed by atoms with Crippen LogP contribution in [0.2, 0.25) is 0 Å². The molecule has 0 spiro atoms. The summed E-state index contributed by atoms with van der Waals surface area (Å²) in [5.74, 6) is 0.259. The zero-order chi connectivity index (χ0) is 20.5. The highest BCUT2D eigenvalue weighted by Gasteiger charge is 2.21. The Kier molecular flexibility index (Phi) is 7.82. The normalized spacial score (nSPS) is 14.6. The van der Waals surface area contributed by atoms with Crippen LogP contribution >= 0.6 is 0 Å².